The molecule has 0 unspecified atom stereocenters. The topological polar surface area (TPSA) is 160 Å². The molecule has 0 saturated carbocycles. The van der Waals surface area contributed by atoms with Gasteiger partial charge in [-0.2, -0.15) is 0 Å². The number of ketones is 1. The largest absolute Gasteiger partial charge is 0.481 e. The molecule has 0 spiro atoms. The van der Waals surface area contributed by atoms with Gasteiger partial charge in [0.15, 0.2) is 5.60 Å². The molecule has 1 aromatic carbocycles. The van der Waals surface area contributed by atoms with Crippen LogP contribution in [-0.2, 0) is 35.1 Å². The molecule has 1 fully saturated rings. The number of aliphatic carboxylic acids is 1. The smallest absolute Gasteiger partial charge is 0.337 e. The van der Waals surface area contributed by atoms with Crippen LogP contribution in [0.15, 0.2) is 36.4 Å². The minimum absolute atomic E-state index is 0.0173. The van der Waals surface area contributed by atoms with Crippen molar-refractivity contribution in [3.63, 3.8) is 0 Å². The lowest BCUT2D eigenvalue weighted by Crippen LogP contribution is -2.56. The number of rotatable bonds is 25. The monoisotopic (exact) mass is 710 g/mol. The molecule has 282 valence electrons. The number of aliphatic hydroxyl groups is 1. The minimum Gasteiger partial charge on any atom is -0.481 e. The molecular formula is C40H58N2O9. The molecule has 11 heteroatoms. The number of carboxylic acid groups (broad SMARTS) is 1. The fourth-order valence-electron chi connectivity index (χ4n) is 6.06. The van der Waals surface area contributed by atoms with Gasteiger partial charge in [0, 0.05) is 32.4 Å². The average molecular weight is 711 g/mol. The molecule has 11 nitrogen and oxygen atoms in total. The molecule has 51 heavy (non-hydrogen) atoms. The maximum atomic E-state index is 13.8. The summed E-state index contributed by atoms with van der Waals surface area (Å²) in [5.74, 6) is 0.780. The molecule has 2 rings (SSSR count). The Balaban J connectivity index is 2.12. The number of likely N-dealkylation sites (tertiary alicyclic amines) is 1. The summed E-state index contributed by atoms with van der Waals surface area (Å²) >= 11 is 0. The molecule has 0 aromatic heterocycles. The van der Waals surface area contributed by atoms with E-state index in [1.54, 1.807) is 37.3 Å². The van der Waals surface area contributed by atoms with Gasteiger partial charge in [-0.15, -0.1) is 5.92 Å². The third kappa shape index (κ3) is 15.7. The first kappa shape index (κ1) is 43.0. The van der Waals surface area contributed by atoms with E-state index in [4.69, 9.17) is 9.47 Å². The van der Waals surface area contributed by atoms with Gasteiger partial charge in [0.1, 0.15) is 24.2 Å². The van der Waals surface area contributed by atoms with Crippen LogP contribution in [0.25, 0.3) is 0 Å². The maximum absolute atomic E-state index is 13.8. The lowest BCUT2D eigenvalue weighted by molar-refractivity contribution is -0.171. The van der Waals surface area contributed by atoms with Crippen molar-refractivity contribution < 1.29 is 43.7 Å². The molecule has 1 aliphatic rings. The summed E-state index contributed by atoms with van der Waals surface area (Å²) in [4.78, 5) is 66.0. The van der Waals surface area contributed by atoms with Crippen molar-refractivity contribution in [1.29, 1.82) is 0 Å². The number of nitrogens with one attached hydrogen (secondary N) is 1. The molecular weight excluding hydrogens is 652 g/mol. The van der Waals surface area contributed by atoms with Gasteiger partial charge in [-0.1, -0.05) is 75.7 Å². The Morgan fingerprint density at radius 2 is 1.59 bits per heavy atom. The molecule has 0 radical (unpaired) electrons. The molecule has 2 amide bonds. The van der Waals surface area contributed by atoms with Crippen LogP contribution < -0.4 is 10.1 Å². The number of carboxylic acids is 1. The number of Topliss-reactive ketones (excluding diaryl/α,β-unsaturated/α-hetero) is 1. The maximum Gasteiger partial charge on any atom is 0.337 e. The highest BCUT2D eigenvalue weighted by Gasteiger charge is 2.49. The Morgan fingerprint density at radius 1 is 0.961 bits per heavy atom. The zero-order valence-electron chi connectivity index (χ0n) is 30.8. The van der Waals surface area contributed by atoms with E-state index in [0.29, 0.717) is 49.4 Å². The molecule has 0 aliphatic carbocycles. The highest BCUT2D eigenvalue weighted by atomic mass is 16.5. The highest BCUT2D eigenvalue weighted by molar-refractivity contribution is 5.95. The SMILES string of the molecule is CC#CCOc1ccc(C[C@H](NC(=O)[C@@H](C=CCCCCCCC(=O)CCCCCCC)[C@@](O)(CC(=O)N2CCCC2)C(=O)O)C(=O)OC)cc1. The number of carbonyl (C=O) groups excluding carboxylic acids is 4. The number of amides is 2. The van der Waals surface area contributed by atoms with Gasteiger partial charge in [0.25, 0.3) is 0 Å². The lowest BCUT2D eigenvalue weighted by Gasteiger charge is -2.31. The van der Waals surface area contributed by atoms with E-state index in [-0.39, 0.29) is 13.0 Å². The predicted molar refractivity (Wildman–Crippen MR) is 195 cm³/mol. The van der Waals surface area contributed by atoms with Gasteiger partial charge in [-0.05, 0) is 63.1 Å². The third-order valence-corrected chi connectivity index (χ3v) is 9.16. The van der Waals surface area contributed by atoms with Crippen LogP contribution in [0, 0.1) is 17.8 Å². The van der Waals surface area contributed by atoms with Crippen molar-refractivity contribution in [3.05, 3.63) is 42.0 Å². The Bertz CT molecular complexity index is 1340. The second kappa shape index (κ2) is 24.1. The van der Waals surface area contributed by atoms with Crippen molar-refractivity contribution >= 4 is 29.5 Å². The van der Waals surface area contributed by atoms with Crippen LogP contribution in [-0.4, -0.2) is 83.1 Å². The Labute approximate surface area is 303 Å². The normalized spacial score (nSPS) is 14.9. The zero-order valence-corrected chi connectivity index (χ0v) is 30.8. The first-order valence-corrected chi connectivity index (χ1v) is 18.5. The number of hydrogen-bond acceptors (Lipinski definition) is 8. The summed E-state index contributed by atoms with van der Waals surface area (Å²) in [6.45, 7) is 5.00. The van der Waals surface area contributed by atoms with E-state index in [9.17, 15) is 34.2 Å². The van der Waals surface area contributed by atoms with Gasteiger partial charge in [0.05, 0.1) is 19.4 Å². The first-order chi connectivity index (χ1) is 24.5. The summed E-state index contributed by atoms with van der Waals surface area (Å²) in [7, 11) is 1.18. The molecule has 3 atom stereocenters. The number of carbonyl (C=O) groups is 5. The van der Waals surface area contributed by atoms with E-state index in [2.05, 4.69) is 24.1 Å². The second-order valence-electron chi connectivity index (χ2n) is 13.2. The summed E-state index contributed by atoms with van der Waals surface area (Å²) < 4.78 is 10.5. The van der Waals surface area contributed by atoms with E-state index < -0.39 is 47.7 Å². The van der Waals surface area contributed by atoms with Crippen LogP contribution in [0.1, 0.15) is 116 Å². The standard InChI is InChI=1S/C40H58N2O9/c1-4-6-8-11-14-19-32(43)20-15-12-9-10-13-16-21-34(40(49,39(47)48)30-36(44)42-26-17-18-27-42)37(45)41-35(38(46)50-3)29-31-22-24-33(25-23-31)51-28-7-5-2/h16,21-25,34-35,49H,4,6,8-15,17-20,26-30H2,1-3H3,(H,41,45)(H,47,48)/t34-,35+,40+/m1/s1. The predicted octanol–water partition coefficient (Wildman–Crippen LogP) is 5.56. The number of ether oxygens (including phenoxy) is 2. The van der Waals surface area contributed by atoms with Crippen LogP contribution in [0.3, 0.4) is 0 Å². The van der Waals surface area contributed by atoms with Gasteiger partial charge >= 0.3 is 11.9 Å². The molecule has 3 N–H and O–H groups in total. The van der Waals surface area contributed by atoms with Crippen LogP contribution in [0.4, 0.5) is 0 Å². The van der Waals surface area contributed by atoms with Crippen LogP contribution >= 0.6 is 0 Å². The number of unbranched alkanes of at least 4 members (excludes halogenated alkanes) is 8. The minimum atomic E-state index is -2.77. The highest BCUT2D eigenvalue weighted by Crippen LogP contribution is 2.28. The molecule has 1 heterocycles. The Kier molecular flexibility index (Phi) is 20.3. The second-order valence-corrected chi connectivity index (χ2v) is 13.2. The number of allylic oxidation sites excluding steroid dienone is 1. The summed E-state index contributed by atoms with van der Waals surface area (Å²) in [6.07, 6.45) is 14.2. The number of methoxy groups -OCH3 is 1. The van der Waals surface area contributed by atoms with Crippen molar-refractivity contribution in [2.45, 2.75) is 128 Å². The summed E-state index contributed by atoms with van der Waals surface area (Å²) in [5.41, 5.74) is -2.10. The van der Waals surface area contributed by atoms with Gasteiger partial charge in [-0.25, -0.2) is 9.59 Å². The average Bonchev–Trinajstić information content (AvgIpc) is 3.66. The number of nitrogens with zero attached hydrogens (tertiary/aromatic N) is 1. The number of hydrogen-bond donors (Lipinski definition) is 3. The van der Waals surface area contributed by atoms with Gasteiger partial charge in [-0.3, -0.25) is 14.4 Å². The fourth-order valence-corrected chi connectivity index (χ4v) is 6.06. The number of esters is 1. The van der Waals surface area contributed by atoms with Crippen LogP contribution in [0.2, 0.25) is 0 Å². The molecule has 1 saturated heterocycles. The van der Waals surface area contributed by atoms with E-state index >= 15 is 0 Å². The summed E-state index contributed by atoms with van der Waals surface area (Å²) in [6, 6.07) is 5.65. The Morgan fingerprint density at radius 3 is 2.18 bits per heavy atom. The van der Waals surface area contributed by atoms with Crippen molar-refractivity contribution in [2.24, 2.45) is 5.92 Å². The molecule has 1 aliphatic heterocycles. The van der Waals surface area contributed by atoms with Crippen molar-refractivity contribution in [1.82, 2.24) is 10.2 Å². The zero-order chi connectivity index (χ0) is 37.5. The van der Waals surface area contributed by atoms with E-state index in [1.165, 1.54) is 37.3 Å². The lowest BCUT2D eigenvalue weighted by atomic mass is 9.82. The molecule has 1 aromatic rings. The Hall–Kier alpha value is -4.17. The third-order valence-electron chi connectivity index (χ3n) is 9.16. The molecule has 0 bridgehead atoms. The van der Waals surface area contributed by atoms with Gasteiger partial charge < -0.3 is 29.9 Å². The quantitative estimate of drug-likeness (QED) is 0.0511. The van der Waals surface area contributed by atoms with Gasteiger partial charge in [0.2, 0.25) is 11.8 Å². The van der Waals surface area contributed by atoms with Crippen LogP contribution in [0.5, 0.6) is 5.75 Å². The number of benzene rings is 1. The first-order valence-electron chi connectivity index (χ1n) is 18.5. The van der Waals surface area contributed by atoms with E-state index in [0.717, 1.165) is 51.4 Å². The summed E-state index contributed by atoms with van der Waals surface area (Å²) in [5, 5.41) is 24.4. The van der Waals surface area contributed by atoms with Crippen molar-refractivity contribution in [3.8, 4) is 17.6 Å². The van der Waals surface area contributed by atoms with Crippen molar-refractivity contribution in [2.75, 3.05) is 26.8 Å². The van der Waals surface area contributed by atoms with E-state index in [1.807, 2.05) is 0 Å². The fraction of sp³-hybridized carbons (Fsp3) is 0.625.